The van der Waals surface area contributed by atoms with Gasteiger partial charge < -0.3 is 29.2 Å². The second-order valence-corrected chi connectivity index (χ2v) is 6.41. The van der Waals surface area contributed by atoms with E-state index in [1.807, 2.05) is 0 Å². The maximum absolute atomic E-state index is 12.8. The Bertz CT molecular complexity index is 411. The molecular formula is C13H21F3O6. The molecule has 2 N–H and O–H groups in total. The fraction of sp³-hybridized carbons (Fsp3) is 1.00. The minimum Gasteiger partial charge on any atom is -0.387 e. The van der Waals surface area contributed by atoms with Crippen LogP contribution in [-0.2, 0) is 18.9 Å². The Morgan fingerprint density at radius 1 is 0.955 bits per heavy atom. The maximum atomic E-state index is 12.8. The highest BCUT2D eigenvalue weighted by Gasteiger charge is 2.57. The van der Waals surface area contributed by atoms with Crippen LogP contribution in [0.25, 0.3) is 0 Å². The fourth-order valence-electron chi connectivity index (χ4n) is 2.61. The molecule has 2 fully saturated rings. The van der Waals surface area contributed by atoms with E-state index in [1.165, 1.54) is 13.8 Å². The van der Waals surface area contributed by atoms with Gasteiger partial charge in [-0.15, -0.1) is 0 Å². The van der Waals surface area contributed by atoms with E-state index in [4.69, 9.17) is 18.9 Å². The molecule has 2 aliphatic heterocycles. The number of alkyl halides is 3. The summed E-state index contributed by atoms with van der Waals surface area (Å²) in [6.07, 6.45) is -13.1. The van der Waals surface area contributed by atoms with E-state index >= 15 is 0 Å². The molecule has 9 heteroatoms. The molecule has 2 saturated heterocycles. The summed E-state index contributed by atoms with van der Waals surface area (Å²) in [7, 11) is 0. The standard InChI is InChI=1S/C13H21F3O6/c1-11(2)19-5-6(20-11)7(17)8-9(10(18)13(14,15)16)22-12(3,4)21-8/h6-10,17-18H,5H2,1-4H3/t6?,7-,8+,9+,10-/m1/s1. The van der Waals surface area contributed by atoms with Crippen molar-refractivity contribution in [3.8, 4) is 0 Å². The van der Waals surface area contributed by atoms with Crippen LogP contribution in [0.15, 0.2) is 0 Å². The molecule has 6 nitrogen and oxygen atoms in total. The van der Waals surface area contributed by atoms with Crippen molar-refractivity contribution < 1.29 is 42.3 Å². The van der Waals surface area contributed by atoms with Gasteiger partial charge >= 0.3 is 6.18 Å². The Labute approximate surface area is 126 Å². The van der Waals surface area contributed by atoms with Crippen molar-refractivity contribution in [2.75, 3.05) is 6.61 Å². The quantitative estimate of drug-likeness (QED) is 0.802. The van der Waals surface area contributed by atoms with Crippen molar-refractivity contribution in [3.63, 3.8) is 0 Å². The molecule has 0 aliphatic carbocycles. The second kappa shape index (κ2) is 5.57. The zero-order valence-electron chi connectivity index (χ0n) is 12.8. The minimum absolute atomic E-state index is 0.00326. The number of halogens is 3. The SMILES string of the molecule is CC1(C)OCC([C@@H](O)[C@@H]2OC(C)(C)O[C@@H]2[C@@H](O)C(F)(F)F)O1. The van der Waals surface area contributed by atoms with Crippen LogP contribution in [0, 0.1) is 0 Å². The number of ether oxygens (including phenoxy) is 4. The van der Waals surface area contributed by atoms with Gasteiger partial charge in [0.05, 0.1) is 6.61 Å². The first-order valence-corrected chi connectivity index (χ1v) is 6.93. The van der Waals surface area contributed by atoms with Gasteiger partial charge in [0.1, 0.15) is 24.4 Å². The van der Waals surface area contributed by atoms with Crippen LogP contribution in [0.4, 0.5) is 13.2 Å². The Balaban J connectivity index is 2.16. The van der Waals surface area contributed by atoms with Crippen molar-refractivity contribution in [2.24, 2.45) is 0 Å². The number of hydrogen-bond acceptors (Lipinski definition) is 6. The Kier molecular flexibility index (Phi) is 4.53. The molecule has 2 heterocycles. The van der Waals surface area contributed by atoms with Crippen LogP contribution in [0.1, 0.15) is 27.7 Å². The molecule has 2 rings (SSSR count). The summed E-state index contributed by atoms with van der Waals surface area (Å²) in [5, 5.41) is 19.8. The third kappa shape index (κ3) is 3.72. The Morgan fingerprint density at radius 2 is 1.50 bits per heavy atom. The predicted molar refractivity (Wildman–Crippen MR) is 66.8 cm³/mol. The first-order chi connectivity index (χ1) is 9.82. The fourth-order valence-corrected chi connectivity index (χ4v) is 2.61. The number of rotatable bonds is 3. The zero-order valence-corrected chi connectivity index (χ0v) is 12.8. The lowest BCUT2D eigenvalue weighted by Gasteiger charge is -2.29. The third-order valence-electron chi connectivity index (χ3n) is 3.56. The topological polar surface area (TPSA) is 77.4 Å². The van der Waals surface area contributed by atoms with Crippen LogP contribution in [0.5, 0.6) is 0 Å². The van der Waals surface area contributed by atoms with Crippen molar-refractivity contribution in [1.29, 1.82) is 0 Å². The van der Waals surface area contributed by atoms with Gasteiger partial charge in [0.15, 0.2) is 17.7 Å². The predicted octanol–water partition coefficient (Wildman–Crippen LogP) is 0.942. The van der Waals surface area contributed by atoms with Gasteiger partial charge in [-0.2, -0.15) is 13.2 Å². The second-order valence-electron chi connectivity index (χ2n) is 6.41. The lowest BCUT2D eigenvalue weighted by Crippen LogP contribution is -2.52. The number of hydrogen-bond donors (Lipinski definition) is 2. The molecule has 0 aromatic carbocycles. The lowest BCUT2D eigenvalue weighted by molar-refractivity contribution is -0.243. The highest BCUT2D eigenvalue weighted by molar-refractivity contribution is 4.96. The highest BCUT2D eigenvalue weighted by atomic mass is 19.4. The van der Waals surface area contributed by atoms with Crippen molar-refractivity contribution in [3.05, 3.63) is 0 Å². The number of aliphatic hydroxyl groups excluding tert-OH is 2. The van der Waals surface area contributed by atoms with Crippen molar-refractivity contribution >= 4 is 0 Å². The molecule has 2 aliphatic rings. The van der Waals surface area contributed by atoms with Crippen molar-refractivity contribution in [1.82, 2.24) is 0 Å². The van der Waals surface area contributed by atoms with Gasteiger partial charge in [-0.1, -0.05) is 0 Å². The molecule has 22 heavy (non-hydrogen) atoms. The molecule has 0 amide bonds. The summed E-state index contributed by atoms with van der Waals surface area (Å²) in [6.45, 7) is 6.07. The Hall–Kier alpha value is -0.450. The molecule has 5 atom stereocenters. The van der Waals surface area contributed by atoms with Crippen LogP contribution >= 0.6 is 0 Å². The summed E-state index contributed by atoms with van der Waals surface area (Å²) in [5.74, 6) is -2.31. The molecule has 0 aromatic rings. The number of aliphatic hydroxyl groups is 2. The smallest absolute Gasteiger partial charge is 0.387 e. The van der Waals surface area contributed by atoms with Gasteiger partial charge in [-0.25, -0.2) is 0 Å². The molecule has 1 unspecified atom stereocenters. The van der Waals surface area contributed by atoms with E-state index in [-0.39, 0.29) is 6.61 Å². The van der Waals surface area contributed by atoms with Gasteiger partial charge in [-0.3, -0.25) is 0 Å². The van der Waals surface area contributed by atoms with Crippen molar-refractivity contribution in [2.45, 2.75) is 76.0 Å². The summed E-state index contributed by atoms with van der Waals surface area (Å²) in [5.41, 5.74) is 0. The molecule has 0 aromatic heterocycles. The summed E-state index contributed by atoms with van der Waals surface area (Å²) in [6, 6.07) is 0. The molecule has 130 valence electrons. The summed E-state index contributed by atoms with van der Waals surface area (Å²) < 4.78 is 59.5. The van der Waals surface area contributed by atoms with E-state index in [1.54, 1.807) is 13.8 Å². The van der Waals surface area contributed by atoms with E-state index < -0.39 is 48.3 Å². The van der Waals surface area contributed by atoms with Crippen LogP contribution in [0.3, 0.4) is 0 Å². The van der Waals surface area contributed by atoms with E-state index in [0.29, 0.717) is 0 Å². The van der Waals surface area contributed by atoms with Crippen LogP contribution in [-0.4, -0.2) is 65.1 Å². The average Bonchev–Trinajstić information content (AvgIpc) is 2.86. The average molecular weight is 330 g/mol. The Morgan fingerprint density at radius 3 is 1.95 bits per heavy atom. The normalized spacial score (nSPS) is 37.2. The zero-order chi connectivity index (χ0) is 16.9. The molecule has 0 spiro atoms. The first kappa shape index (κ1) is 17.9. The lowest BCUT2D eigenvalue weighted by atomic mass is 9.99. The van der Waals surface area contributed by atoms with Gasteiger partial charge in [0.2, 0.25) is 0 Å². The molecule has 0 bridgehead atoms. The first-order valence-electron chi connectivity index (χ1n) is 6.93. The van der Waals surface area contributed by atoms with Gasteiger partial charge in [0.25, 0.3) is 0 Å². The highest BCUT2D eigenvalue weighted by Crippen LogP contribution is 2.38. The third-order valence-corrected chi connectivity index (χ3v) is 3.56. The van der Waals surface area contributed by atoms with Gasteiger partial charge in [0, 0.05) is 0 Å². The van der Waals surface area contributed by atoms with Crippen LogP contribution < -0.4 is 0 Å². The van der Waals surface area contributed by atoms with E-state index in [0.717, 1.165) is 0 Å². The van der Waals surface area contributed by atoms with Crippen LogP contribution in [0.2, 0.25) is 0 Å². The minimum atomic E-state index is -4.89. The maximum Gasteiger partial charge on any atom is 0.417 e. The largest absolute Gasteiger partial charge is 0.417 e. The van der Waals surface area contributed by atoms with E-state index in [9.17, 15) is 23.4 Å². The summed E-state index contributed by atoms with van der Waals surface area (Å²) >= 11 is 0. The molecule has 0 radical (unpaired) electrons. The molecular weight excluding hydrogens is 309 g/mol. The monoisotopic (exact) mass is 330 g/mol. The van der Waals surface area contributed by atoms with E-state index in [2.05, 4.69) is 0 Å². The van der Waals surface area contributed by atoms with Gasteiger partial charge in [-0.05, 0) is 27.7 Å². The summed E-state index contributed by atoms with van der Waals surface area (Å²) in [4.78, 5) is 0. The molecule has 0 saturated carbocycles.